The number of nitrogens with zero attached hydrogens (tertiary/aromatic N) is 2. The first-order valence-electron chi connectivity index (χ1n) is 8.23. The zero-order valence-electron chi connectivity index (χ0n) is 14.3. The molecule has 1 aliphatic rings. The summed E-state index contributed by atoms with van der Waals surface area (Å²) in [5.74, 6) is 1.60. The molecule has 26 heavy (non-hydrogen) atoms. The summed E-state index contributed by atoms with van der Waals surface area (Å²) in [7, 11) is 0. The Balaban J connectivity index is 1.52. The lowest BCUT2D eigenvalue weighted by Crippen LogP contribution is -2.15. The van der Waals surface area contributed by atoms with Crippen molar-refractivity contribution in [2.45, 2.75) is 20.0 Å². The van der Waals surface area contributed by atoms with E-state index < -0.39 is 0 Å². The van der Waals surface area contributed by atoms with Gasteiger partial charge >= 0.3 is 0 Å². The average molecular weight is 371 g/mol. The molecule has 3 aromatic rings. The van der Waals surface area contributed by atoms with Crippen LogP contribution in [0.4, 0.5) is 5.13 Å². The predicted octanol–water partition coefficient (Wildman–Crippen LogP) is 3.50. The van der Waals surface area contributed by atoms with Crippen LogP contribution in [0.15, 0.2) is 30.5 Å². The van der Waals surface area contributed by atoms with E-state index in [9.17, 15) is 4.79 Å². The van der Waals surface area contributed by atoms with E-state index in [0.717, 1.165) is 10.2 Å². The molecule has 2 aromatic heterocycles. The van der Waals surface area contributed by atoms with E-state index in [2.05, 4.69) is 15.3 Å². The van der Waals surface area contributed by atoms with Crippen molar-refractivity contribution in [1.82, 2.24) is 9.97 Å². The van der Waals surface area contributed by atoms with Crippen LogP contribution in [0, 0.1) is 0 Å². The van der Waals surface area contributed by atoms with E-state index >= 15 is 0 Å². The van der Waals surface area contributed by atoms with Crippen LogP contribution >= 0.6 is 11.3 Å². The van der Waals surface area contributed by atoms with Gasteiger partial charge in [0.2, 0.25) is 5.88 Å². The zero-order valence-corrected chi connectivity index (χ0v) is 15.1. The topological polar surface area (TPSA) is 82.6 Å². The highest BCUT2D eigenvalue weighted by atomic mass is 32.1. The van der Waals surface area contributed by atoms with Gasteiger partial charge in [-0.3, -0.25) is 10.1 Å². The van der Waals surface area contributed by atoms with Gasteiger partial charge in [-0.15, -0.1) is 0 Å². The number of aromatic nitrogens is 2. The van der Waals surface area contributed by atoms with Crippen molar-refractivity contribution in [3.63, 3.8) is 0 Å². The molecule has 8 heteroatoms. The van der Waals surface area contributed by atoms with E-state index in [0.29, 0.717) is 41.3 Å². The number of rotatable bonds is 4. The molecule has 1 amide bonds. The van der Waals surface area contributed by atoms with Crippen molar-refractivity contribution in [3.05, 3.63) is 36.0 Å². The number of nitrogens with one attached hydrogen (secondary N) is 1. The second-order valence-corrected chi connectivity index (χ2v) is 7.02. The molecule has 1 aromatic carbocycles. The minimum Gasteiger partial charge on any atom is -0.486 e. The number of hydrogen-bond donors (Lipinski definition) is 1. The lowest BCUT2D eigenvalue weighted by molar-refractivity contribution is 0.102. The number of thiazole rings is 1. The minimum absolute atomic E-state index is 0.0312. The average Bonchev–Trinajstić information content (AvgIpc) is 3.00. The van der Waals surface area contributed by atoms with Crippen LogP contribution in [-0.2, 0) is 0 Å². The van der Waals surface area contributed by atoms with Crippen LogP contribution in [0.25, 0.3) is 10.2 Å². The molecule has 7 nitrogen and oxygen atoms in total. The maximum Gasteiger partial charge on any atom is 0.259 e. The maximum atomic E-state index is 12.4. The van der Waals surface area contributed by atoms with E-state index in [-0.39, 0.29) is 12.0 Å². The molecule has 134 valence electrons. The van der Waals surface area contributed by atoms with Crippen molar-refractivity contribution in [2.24, 2.45) is 0 Å². The molecule has 4 rings (SSSR count). The van der Waals surface area contributed by atoms with Crippen molar-refractivity contribution >= 4 is 32.6 Å². The SMILES string of the molecule is CC(C)Oc1ccc(C(=O)Nc2nc3cc4c(cc3s2)OCCO4)cn1. The van der Waals surface area contributed by atoms with Gasteiger partial charge in [-0.25, -0.2) is 9.97 Å². The van der Waals surface area contributed by atoms with Crippen LogP contribution in [0.5, 0.6) is 17.4 Å². The van der Waals surface area contributed by atoms with Gasteiger partial charge in [0.15, 0.2) is 16.6 Å². The molecule has 0 saturated carbocycles. The monoisotopic (exact) mass is 371 g/mol. The third kappa shape index (κ3) is 3.41. The third-order valence-corrected chi connectivity index (χ3v) is 4.56. The third-order valence-electron chi connectivity index (χ3n) is 3.63. The van der Waals surface area contributed by atoms with Crippen molar-refractivity contribution in [1.29, 1.82) is 0 Å². The summed E-state index contributed by atoms with van der Waals surface area (Å²) in [6.07, 6.45) is 1.52. The predicted molar refractivity (Wildman–Crippen MR) is 98.6 cm³/mol. The van der Waals surface area contributed by atoms with Crippen LogP contribution in [0.2, 0.25) is 0 Å². The summed E-state index contributed by atoms with van der Waals surface area (Å²) in [4.78, 5) is 21.0. The number of carbonyl (C=O) groups is 1. The fraction of sp³-hybridized carbons (Fsp3) is 0.278. The quantitative estimate of drug-likeness (QED) is 0.756. The maximum absolute atomic E-state index is 12.4. The molecule has 0 fully saturated rings. The normalized spacial score (nSPS) is 13.0. The van der Waals surface area contributed by atoms with Crippen LogP contribution in [0.1, 0.15) is 24.2 Å². The summed E-state index contributed by atoms with van der Waals surface area (Å²) in [5, 5.41) is 3.31. The number of ether oxygens (including phenoxy) is 3. The van der Waals surface area contributed by atoms with Gasteiger partial charge in [0.1, 0.15) is 13.2 Å². The highest BCUT2D eigenvalue weighted by molar-refractivity contribution is 7.22. The second-order valence-electron chi connectivity index (χ2n) is 5.99. The van der Waals surface area contributed by atoms with Gasteiger partial charge in [-0.05, 0) is 19.9 Å². The van der Waals surface area contributed by atoms with E-state index in [1.54, 1.807) is 12.1 Å². The van der Waals surface area contributed by atoms with Gasteiger partial charge in [0, 0.05) is 24.4 Å². The molecule has 0 aliphatic carbocycles. The fourth-order valence-corrected chi connectivity index (χ4v) is 3.38. The number of pyridine rings is 1. The Labute approximate surface area is 153 Å². The Kier molecular flexibility index (Phi) is 4.34. The standard InChI is InChI=1S/C18H17N3O4S/c1-10(2)25-16-4-3-11(9-19-16)17(22)21-18-20-12-7-13-14(8-15(12)26-18)24-6-5-23-13/h3-4,7-10H,5-6H2,1-2H3,(H,20,21,22). The van der Waals surface area contributed by atoms with Gasteiger partial charge in [0.25, 0.3) is 5.91 Å². The molecule has 0 radical (unpaired) electrons. The molecule has 1 N–H and O–H groups in total. The van der Waals surface area contributed by atoms with E-state index in [4.69, 9.17) is 14.2 Å². The van der Waals surface area contributed by atoms with E-state index in [1.165, 1.54) is 17.5 Å². The smallest absolute Gasteiger partial charge is 0.259 e. The van der Waals surface area contributed by atoms with Crippen LogP contribution in [0.3, 0.4) is 0 Å². The summed E-state index contributed by atoms with van der Waals surface area (Å²) in [6, 6.07) is 7.07. The lowest BCUT2D eigenvalue weighted by atomic mass is 10.2. The molecule has 3 heterocycles. The first kappa shape index (κ1) is 16.6. The van der Waals surface area contributed by atoms with Gasteiger partial charge in [-0.1, -0.05) is 11.3 Å². The Hall–Kier alpha value is -2.87. The number of benzene rings is 1. The molecule has 1 aliphatic heterocycles. The fourth-order valence-electron chi connectivity index (χ4n) is 2.51. The van der Waals surface area contributed by atoms with Crippen LogP contribution < -0.4 is 19.5 Å². The van der Waals surface area contributed by atoms with E-state index in [1.807, 2.05) is 26.0 Å². The highest BCUT2D eigenvalue weighted by Gasteiger charge is 2.16. The first-order valence-corrected chi connectivity index (χ1v) is 9.04. The summed E-state index contributed by atoms with van der Waals surface area (Å²) in [6.45, 7) is 4.90. The molecular weight excluding hydrogens is 354 g/mol. The van der Waals surface area contributed by atoms with Gasteiger partial charge < -0.3 is 14.2 Å². The number of amides is 1. The molecule has 0 unspecified atom stereocenters. The number of fused-ring (bicyclic) bond motifs is 2. The van der Waals surface area contributed by atoms with Gasteiger partial charge in [0.05, 0.1) is 21.9 Å². The molecule has 0 bridgehead atoms. The van der Waals surface area contributed by atoms with Crippen molar-refractivity contribution in [2.75, 3.05) is 18.5 Å². The summed E-state index contributed by atoms with van der Waals surface area (Å²) in [5.41, 5.74) is 1.19. The Bertz CT molecular complexity index is 910. The Morgan fingerprint density at radius 3 is 2.69 bits per heavy atom. The minimum atomic E-state index is -0.273. The zero-order chi connectivity index (χ0) is 18.1. The van der Waals surface area contributed by atoms with Crippen molar-refractivity contribution < 1.29 is 19.0 Å². The number of carbonyl (C=O) groups excluding carboxylic acids is 1. The largest absolute Gasteiger partial charge is 0.486 e. The molecule has 0 saturated heterocycles. The van der Waals surface area contributed by atoms with Crippen molar-refractivity contribution in [3.8, 4) is 17.4 Å². The summed E-state index contributed by atoms with van der Waals surface area (Å²) >= 11 is 1.38. The lowest BCUT2D eigenvalue weighted by Gasteiger charge is -2.17. The van der Waals surface area contributed by atoms with Gasteiger partial charge in [-0.2, -0.15) is 0 Å². The molecule has 0 atom stereocenters. The Morgan fingerprint density at radius 2 is 2.00 bits per heavy atom. The molecule has 0 spiro atoms. The molecular formula is C18H17N3O4S. The highest BCUT2D eigenvalue weighted by Crippen LogP contribution is 2.37. The first-order chi connectivity index (χ1) is 12.6. The summed E-state index contributed by atoms with van der Waals surface area (Å²) < 4.78 is 17.5. The number of hydrogen-bond acceptors (Lipinski definition) is 7. The number of anilines is 1. The van der Waals surface area contributed by atoms with Crippen LogP contribution in [-0.4, -0.2) is 35.2 Å². The second kappa shape index (κ2) is 6.80. The Morgan fingerprint density at radius 1 is 1.23 bits per heavy atom.